The van der Waals surface area contributed by atoms with E-state index in [1.807, 2.05) is 13.0 Å². The maximum atomic E-state index is 12.2. The summed E-state index contributed by atoms with van der Waals surface area (Å²) in [5.74, 6) is 1.82. The fourth-order valence-corrected chi connectivity index (χ4v) is 2.49. The molecule has 4 heteroatoms. The van der Waals surface area contributed by atoms with Crippen molar-refractivity contribution in [3.63, 3.8) is 0 Å². The molecule has 1 aromatic carbocycles. The standard InChI is InChI=1S/C18H18O4/c1-4-14-10-16(21-13(3)19)11-17(12(14)2)22-18(20)15-8-6-5-7-9-15/h1,5-9,16-17H,10-11H2,2-3H3/t16-,17-/m0/s1. The Labute approximate surface area is 130 Å². The van der Waals surface area contributed by atoms with E-state index in [9.17, 15) is 9.59 Å². The molecule has 0 amide bonds. The average molecular weight is 298 g/mol. The molecular weight excluding hydrogens is 280 g/mol. The lowest BCUT2D eigenvalue weighted by Gasteiger charge is -2.30. The summed E-state index contributed by atoms with van der Waals surface area (Å²) < 4.78 is 10.8. The van der Waals surface area contributed by atoms with Crippen LogP contribution >= 0.6 is 0 Å². The Morgan fingerprint density at radius 1 is 1.23 bits per heavy atom. The molecule has 0 bridgehead atoms. The van der Waals surface area contributed by atoms with Gasteiger partial charge in [0.1, 0.15) is 12.2 Å². The third-order valence-corrected chi connectivity index (χ3v) is 3.63. The molecule has 0 aliphatic heterocycles. The van der Waals surface area contributed by atoms with Crippen LogP contribution in [0.25, 0.3) is 0 Å². The molecule has 4 nitrogen and oxygen atoms in total. The van der Waals surface area contributed by atoms with Crippen LogP contribution in [0, 0.1) is 12.3 Å². The Kier molecular flexibility index (Phi) is 5.00. The molecule has 22 heavy (non-hydrogen) atoms. The van der Waals surface area contributed by atoms with Crippen molar-refractivity contribution >= 4 is 11.9 Å². The van der Waals surface area contributed by atoms with E-state index in [1.165, 1.54) is 6.92 Å². The van der Waals surface area contributed by atoms with E-state index in [2.05, 4.69) is 5.92 Å². The number of benzene rings is 1. The van der Waals surface area contributed by atoms with Gasteiger partial charge in [-0.05, 0) is 24.6 Å². The maximum Gasteiger partial charge on any atom is 0.338 e. The Balaban J connectivity index is 2.16. The summed E-state index contributed by atoms with van der Waals surface area (Å²) in [5, 5.41) is 0. The summed E-state index contributed by atoms with van der Waals surface area (Å²) >= 11 is 0. The maximum absolute atomic E-state index is 12.2. The van der Waals surface area contributed by atoms with Gasteiger partial charge in [0.05, 0.1) is 5.56 Å². The minimum atomic E-state index is -0.475. The molecule has 0 saturated carbocycles. The predicted octanol–water partition coefficient (Wildman–Crippen LogP) is 2.89. The van der Waals surface area contributed by atoms with Gasteiger partial charge in [0.2, 0.25) is 0 Å². The van der Waals surface area contributed by atoms with Crippen molar-refractivity contribution in [2.24, 2.45) is 0 Å². The van der Waals surface area contributed by atoms with Crippen LogP contribution in [0.4, 0.5) is 0 Å². The fourth-order valence-electron chi connectivity index (χ4n) is 2.49. The zero-order valence-corrected chi connectivity index (χ0v) is 12.7. The summed E-state index contributed by atoms with van der Waals surface area (Å²) in [5.41, 5.74) is 2.05. The summed E-state index contributed by atoms with van der Waals surface area (Å²) in [7, 11) is 0. The van der Waals surface area contributed by atoms with E-state index < -0.39 is 12.1 Å². The summed E-state index contributed by atoms with van der Waals surface area (Å²) in [6, 6.07) is 8.75. The zero-order valence-electron chi connectivity index (χ0n) is 12.7. The fraction of sp³-hybridized carbons (Fsp3) is 0.333. The Hall–Kier alpha value is -2.54. The van der Waals surface area contributed by atoms with Crippen LogP contribution < -0.4 is 0 Å². The van der Waals surface area contributed by atoms with Gasteiger partial charge < -0.3 is 9.47 Å². The Morgan fingerprint density at radius 3 is 2.50 bits per heavy atom. The molecule has 0 unspecified atom stereocenters. The van der Waals surface area contributed by atoms with Gasteiger partial charge in [-0.1, -0.05) is 24.1 Å². The molecule has 0 heterocycles. The third-order valence-electron chi connectivity index (χ3n) is 3.63. The summed E-state index contributed by atoms with van der Waals surface area (Å²) in [6.45, 7) is 3.20. The summed E-state index contributed by atoms with van der Waals surface area (Å²) in [4.78, 5) is 23.3. The molecule has 0 fully saturated rings. The smallest absolute Gasteiger partial charge is 0.338 e. The Morgan fingerprint density at radius 2 is 1.91 bits per heavy atom. The van der Waals surface area contributed by atoms with E-state index in [1.54, 1.807) is 24.3 Å². The summed E-state index contributed by atoms with van der Waals surface area (Å²) in [6.07, 6.45) is 5.58. The molecule has 0 N–H and O–H groups in total. The number of terminal acetylenes is 1. The molecule has 114 valence electrons. The first kappa shape index (κ1) is 15.8. The first-order chi connectivity index (χ1) is 10.5. The quantitative estimate of drug-likeness (QED) is 0.636. The highest BCUT2D eigenvalue weighted by molar-refractivity contribution is 5.89. The van der Waals surface area contributed by atoms with Crippen molar-refractivity contribution < 1.29 is 19.1 Å². The van der Waals surface area contributed by atoms with Crippen LogP contribution in [-0.4, -0.2) is 24.1 Å². The normalized spacial score (nSPS) is 21.0. The van der Waals surface area contributed by atoms with Crippen molar-refractivity contribution in [2.75, 3.05) is 0 Å². The number of hydrogen-bond donors (Lipinski definition) is 0. The van der Waals surface area contributed by atoms with E-state index in [4.69, 9.17) is 15.9 Å². The van der Waals surface area contributed by atoms with Crippen LogP contribution in [0.1, 0.15) is 37.0 Å². The first-order valence-corrected chi connectivity index (χ1v) is 7.10. The highest BCUT2D eigenvalue weighted by Crippen LogP contribution is 2.29. The molecule has 1 aliphatic carbocycles. The average Bonchev–Trinajstić information content (AvgIpc) is 2.50. The highest BCUT2D eigenvalue weighted by Gasteiger charge is 2.31. The lowest BCUT2D eigenvalue weighted by atomic mass is 9.88. The lowest BCUT2D eigenvalue weighted by Crippen LogP contribution is -2.32. The number of carbonyl (C=O) groups excluding carboxylic acids is 2. The second-order valence-corrected chi connectivity index (χ2v) is 5.24. The van der Waals surface area contributed by atoms with Gasteiger partial charge >= 0.3 is 11.9 Å². The van der Waals surface area contributed by atoms with E-state index in [0.717, 1.165) is 11.1 Å². The predicted molar refractivity (Wildman–Crippen MR) is 82.0 cm³/mol. The van der Waals surface area contributed by atoms with Crippen molar-refractivity contribution in [2.45, 2.75) is 38.9 Å². The van der Waals surface area contributed by atoms with Crippen LogP contribution in [0.5, 0.6) is 0 Å². The molecule has 2 rings (SSSR count). The number of esters is 2. The van der Waals surface area contributed by atoms with Crippen LogP contribution in [0.3, 0.4) is 0 Å². The van der Waals surface area contributed by atoms with E-state index in [-0.39, 0.29) is 12.1 Å². The third kappa shape index (κ3) is 3.76. The molecule has 0 aromatic heterocycles. The largest absolute Gasteiger partial charge is 0.462 e. The van der Waals surface area contributed by atoms with Crippen molar-refractivity contribution in [3.05, 3.63) is 47.0 Å². The molecular formula is C18H18O4. The van der Waals surface area contributed by atoms with Crippen LogP contribution in [-0.2, 0) is 14.3 Å². The van der Waals surface area contributed by atoms with Gasteiger partial charge in [-0.2, -0.15) is 0 Å². The molecule has 0 spiro atoms. The molecule has 0 radical (unpaired) electrons. The van der Waals surface area contributed by atoms with Gasteiger partial charge in [-0.3, -0.25) is 4.79 Å². The van der Waals surface area contributed by atoms with Gasteiger partial charge in [0.25, 0.3) is 0 Å². The van der Waals surface area contributed by atoms with E-state index in [0.29, 0.717) is 18.4 Å². The number of hydrogen-bond acceptors (Lipinski definition) is 4. The van der Waals surface area contributed by atoms with Crippen LogP contribution in [0.2, 0.25) is 0 Å². The Bertz CT molecular complexity index is 637. The van der Waals surface area contributed by atoms with Gasteiger partial charge in [0, 0.05) is 25.3 Å². The monoisotopic (exact) mass is 298 g/mol. The van der Waals surface area contributed by atoms with Crippen molar-refractivity contribution in [3.8, 4) is 12.3 Å². The SMILES string of the molecule is C#CC1=C(C)[C@@H](OC(=O)c2ccccc2)C[C@@H](OC(C)=O)C1. The molecule has 0 saturated heterocycles. The molecule has 1 aromatic rings. The van der Waals surface area contributed by atoms with Gasteiger partial charge in [0.15, 0.2) is 0 Å². The number of ether oxygens (including phenoxy) is 2. The van der Waals surface area contributed by atoms with Crippen molar-refractivity contribution in [1.29, 1.82) is 0 Å². The topological polar surface area (TPSA) is 52.6 Å². The van der Waals surface area contributed by atoms with Gasteiger partial charge in [-0.15, -0.1) is 6.42 Å². The van der Waals surface area contributed by atoms with E-state index >= 15 is 0 Å². The van der Waals surface area contributed by atoms with Gasteiger partial charge in [-0.25, -0.2) is 4.79 Å². The molecule has 2 atom stereocenters. The zero-order chi connectivity index (χ0) is 16.1. The van der Waals surface area contributed by atoms with Crippen LogP contribution in [0.15, 0.2) is 41.5 Å². The lowest BCUT2D eigenvalue weighted by molar-refractivity contribution is -0.147. The number of carbonyl (C=O) groups is 2. The number of rotatable bonds is 3. The highest BCUT2D eigenvalue weighted by atomic mass is 16.6. The second kappa shape index (κ2) is 6.95. The minimum absolute atomic E-state index is 0.360. The van der Waals surface area contributed by atoms with Crippen molar-refractivity contribution in [1.82, 2.24) is 0 Å². The second-order valence-electron chi connectivity index (χ2n) is 5.24. The first-order valence-electron chi connectivity index (χ1n) is 7.10. The minimum Gasteiger partial charge on any atom is -0.462 e. The molecule has 1 aliphatic rings.